The number of aromatic nitrogens is 2. The van der Waals surface area contributed by atoms with Gasteiger partial charge in [-0.1, -0.05) is 36.4 Å². The minimum Gasteiger partial charge on any atom is -0.370 e. The molecule has 1 aliphatic rings. The van der Waals surface area contributed by atoms with Crippen molar-refractivity contribution in [1.29, 1.82) is 0 Å². The average molecular weight is 365 g/mol. The molecule has 0 spiro atoms. The predicted molar refractivity (Wildman–Crippen MR) is 101 cm³/mol. The lowest BCUT2D eigenvalue weighted by Gasteiger charge is -2.33. The van der Waals surface area contributed by atoms with Gasteiger partial charge in [0.05, 0.1) is 24.5 Å². The first-order valence-corrected chi connectivity index (χ1v) is 9.38. The van der Waals surface area contributed by atoms with E-state index in [9.17, 15) is 4.79 Å². The van der Waals surface area contributed by atoms with E-state index >= 15 is 0 Å². The van der Waals surface area contributed by atoms with Gasteiger partial charge in [-0.15, -0.1) is 11.3 Å². The van der Waals surface area contributed by atoms with Crippen molar-refractivity contribution in [3.8, 4) is 10.7 Å². The highest BCUT2D eigenvalue weighted by molar-refractivity contribution is 7.17. The van der Waals surface area contributed by atoms with Crippen molar-refractivity contribution in [1.82, 2.24) is 14.9 Å². The summed E-state index contributed by atoms with van der Waals surface area (Å²) in [4.78, 5) is 24.5. The Labute approximate surface area is 156 Å². The largest absolute Gasteiger partial charge is 0.370 e. The highest BCUT2D eigenvalue weighted by atomic mass is 32.1. The van der Waals surface area contributed by atoms with Crippen LogP contribution in [0.5, 0.6) is 0 Å². The van der Waals surface area contributed by atoms with Crippen LogP contribution in [0, 0.1) is 6.92 Å². The first-order valence-electron chi connectivity index (χ1n) is 8.57. The number of thiazole rings is 1. The maximum atomic E-state index is 13.1. The van der Waals surface area contributed by atoms with E-state index in [0.717, 1.165) is 22.0 Å². The Kier molecular flexibility index (Phi) is 4.77. The third kappa shape index (κ3) is 3.38. The maximum absolute atomic E-state index is 13.1. The normalized spacial score (nSPS) is 17.3. The van der Waals surface area contributed by atoms with Crippen LogP contribution in [0.2, 0.25) is 0 Å². The Bertz CT molecular complexity index is 896. The zero-order chi connectivity index (χ0) is 17.9. The molecule has 26 heavy (non-hydrogen) atoms. The molecule has 1 unspecified atom stereocenters. The molecule has 1 amide bonds. The monoisotopic (exact) mass is 365 g/mol. The summed E-state index contributed by atoms with van der Waals surface area (Å²) in [5.41, 5.74) is 2.65. The van der Waals surface area contributed by atoms with E-state index in [1.165, 1.54) is 11.3 Å². The summed E-state index contributed by atoms with van der Waals surface area (Å²) in [5, 5.41) is 0.777. The first-order chi connectivity index (χ1) is 12.7. The summed E-state index contributed by atoms with van der Waals surface area (Å²) in [6, 6.07) is 15.7. The zero-order valence-corrected chi connectivity index (χ0v) is 15.3. The molecule has 1 fully saturated rings. The molecular formula is C20H19N3O2S. The van der Waals surface area contributed by atoms with Crippen molar-refractivity contribution in [3.63, 3.8) is 0 Å². The van der Waals surface area contributed by atoms with Crippen LogP contribution in [0.3, 0.4) is 0 Å². The fourth-order valence-corrected chi connectivity index (χ4v) is 4.05. The standard InChI is InChI=1S/C20H19N3O2S/c1-14-18(26-19(22-14)16-9-5-6-10-21-16)20(24)23-11-12-25-17(13-23)15-7-3-2-4-8-15/h2-10,17H,11-13H2,1H3. The van der Waals surface area contributed by atoms with Gasteiger partial charge in [-0.05, 0) is 24.6 Å². The highest BCUT2D eigenvalue weighted by Crippen LogP contribution is 2.29. The van der Waals surface area contributed by atoms with Crippen LogP contribution in [-0.4, -0.2) is 40.5 Å². The Balaban J connectivity index is 1.55. The van der Waals surface area contributed by atoms with Gasteiger partial charge in [0.15, 0.2) is 0 Å². The number of hydrogen-bond donors (Lipinski definition) is 0. The van der Waals surface area contributed by atoms with E-state index in [-0.39, 0.29) is 12.0 Å². The number of carbonyl (C=O) groups is 1. The van der Waals surface area contributed by atoms with E-state index in [1.54, 1.807) is 6.20 Å². The average Bonchev–Trinajstić information content (AvgIpc) is 3.10. The number of morpholine rings is 1. The molecule has 1 aromatic carbocycles. The lowest BCUT2D eigenvalue weighted by molar-refractivity contribution is -0.0226. The molecule has 4 rings (SSSR count). The van der Waals surface area contributed by atoms with Gasteiger partial charge in [0.25, 0.3) is 5.91 Å². The third-order valence-electron chi connectivity index (χ3n) is 4.40. The minimum atomic E-state index is -0.0858. The second kappa shape index (κ2) is 7.35. The molecule has 0 saturated carbocycles. The molecule has 6 heteroatoms. The zero-order valence-electron chi connectivity index (χ0n) is 14.5. The highest BCUT2D eigenvalue weighted by Gasteiger charge is 2.28. The van der Waals surface area contributed by atoms with Crippen LogP contribution in [0.15, 0.2) is 54.7 Å². The van der Waals surface area contributed by atoms with Gasteiger partial charge in [0, 0.05) is 12.7 Å². The molecular weight excluding hydrogens is 346 g/mol. The molecule has 2 aromatic heterocycles. The van der Waals surface area contributed by atoms with Gasteiger partial charge in [-0.3, -0.25) is 9.78 Å². The van der Waals surface area contributed by atoms with Crippen LogP contribution in [0.4, 0.5) is 0 Å². The molecule has 3 heterocycles. The lowest BCUT2D eigenvalue weighted by atomic mass is 10.1. The number of benzene rings is 1. The van der Waals surface area contributed by atoms with Crippen molar-refractivity contribution in [2.24, 2.45) is 0 Å². The topological polar surface area (TPSA) is 55.3 Å². The minimum absolute atomic E-state index is 0.0198. The lowest BCUT2D eigenvalue weighted by Crippen LogP contribution is -2.42. The summed E-state index contributed by atoms with van der Waals surface area (Å²) >= 11 is 1.41. The van der Waals surface area contributed by atoms with Crippen molar-refractivity contribution in [2.75, 3.05) is 19.7 Å². The van der Waals surface area contributed by atoms with Gasteiger partial charge < -0.3 is 9.64 Å². The van der Waals surface area contributed by atoms with Crippen LogP contribution in [0.25, 0.3) is 10.7 Å². The number of hydrogen-bond acceptors (Lipinski definition) is 5. The van der Waals surface area contributed by atoms with E-state index in [0.29, 0.717) is 24.6 Å². The molecule has 0 N–H and O–H groups in total. The second-order valence-corrected chi connectivity index (χ2v) is 7.17. The Morgan fingerprint density at radius 2 is 2.00 bits per heavy atom. The molecule has 0 aliphatic carbocycles. The van der Waals surface area contributed by atoms with Gasteiger partial charge >= 0.3 is 0 Å². The van der Waals surface area contributed by atoms with Crippen molar-refractivity contribution >= 4 is 17.2 Å². The number of pyridine rings is 1. The summed E-state index contributed by atoms with van der Waals surface area (Å²) in [6.07, 6.45) is 1.65. The van der Waals surface area contributed by atoms with Crippen LogP contribution in [-0.2, 0) is 4.74 Å². The predicted octanol–water partition coefficient (Wildman–Crippen LogP) is 3.73. The molecule has 1 atom stereocenters. The number of ether oxygens (including phenoxy) is 1. The summed E-state index contributed by atoms with van der Waals surface area (Å²) in [5.74, 6) is 0.0198. The number of amides is 1. The van der Waals surface area contributed by atoms with E-state index in [4.69, 9.17) is 4.74 Å². The maximum Gasteiger partial charge on any atom is 0.266 e. The van der Waals surface area contributed by atoms with Gasteiger partial charge in [0.2, 0.25) is 0 Å². The Hall–Kier alpha value is -2.57. The van der Waals surface area contributed by atoms with Crippen LogP contribution >= 0.6 is 11.3 Å². The molecule has 1 saturated heterocycles. The SMILES string of the molecule is Cc1nc(-c2ccccn2)sc1C(=O)N1CCOC(c2ccccc2)C1. The van der Waals surface area contributed by atoms with E-state index < -0.39 is 0 Å². The number of aryl methyl sites for hydroxylation is 1. The summed E-state index contributed by atoms with van der Waals surface area (Å²) in [7, 11) is 0. The third-order valence-corrected chi connectivity index (χ3v) is 5.57. The van der Waals surface area contributed by atoms with Crippen LogP contribution < -0.4 is 0 Å². The quantitative estimate of drug-likeness (QED) is 0.710. The number of nitrogens with zero attached hydrogens (tertiary/aromatic N) is 3. The van der Waals surface area contributed by atoms with Crippen molar-refractivity contribution in [3.05, 3.63) is 70.9 Å². The Morgan fingerprint density at radius 3 is 2.77 bits per heavy atom. The molecule has 5 nitrogen and oxygen atoms in total. The number of rotatable bonds is 3. The fraction of sp³-hybridized carbons (Fsp3) is 0.250. The summed E-state index contributed by atoms with van der Waals surface area (Å²) < 4.78 is 5.87. The van der Waals surface area contributed by atoms with Crippen molar-refractivity contribution < 1.29 is 9.53 Å². The van der Waals surface area contributed by atoms with Gasteiger partial charge in [0.1, 0.15) is 16.0 Å². The van der Waals surface area contributed by atoms with E-state index in [2.05, 4.69) is 9.97 Å². The van der Waals surface area contributed by atoms with E-state index in [1.807, 2.05) is 60.4 Å². The summed E-state index contributed by atoms with van der Waals surface area (Å²) in [6.45, 7) is 3.57. The van der Waals surface area contributed by atoms with Crippen molar-refractivity contribution in [2.45, 2.75) is 13.0 Å². The van der Waals surface area contributed by atoms with Gasteiger partial charge in [-0.25, -0.2) is 4.98 Å². The first kappa shape index (κ1) is 16.9. The Morgan fingerprint density at radius 1 is 1.19 bits per heavy atom. The van der Waals surface area contributed by atoms with Crippen LogP contribution in [0.1, 0.15) is 27.0 Å². The molecule has 0 radical (unpaired) electrons. The smallest absolute Gasteiger partial charge is 0.266 e. The van der Waals surface area contributed by atoms with Gasteiger partial charge in [-0.2, -0.15) is 0 Å². The number of carbonyl (C=O) groups excluding carboxylic acids is 1. The molecule has 0 bridgehead atoms. The second-order valence-electron chi connectivity index (χ2n) is 6.17. The molecule has 132 valence electrons. The fourth-order valence-electron chi connectivity index (χ4n) is 3.04. The molecule has 1 aliphatic heterocycles. The molecule has 3 aromatic rings.